The molecule has 0 unspecified atom stereocenters. The van der Waals surface area contributed by atoms with Crippen LogP contribution in [0.15, 0.2) is 25.3 Å². The number of nitrogens with zero attached hydrogens (tertiary/aromatic N) is 3. The first-order valence-electron chi connectivity index (χ1n) is 3.83. The van der Waals surface area contributed by atoms with Crippen LogP contribution in [0.1, 0.15) is 0 Å². The second-order valence-corrected chi connectivity index (χ2v) is 3.39. The SMILES string of the molecule is C=CCN(CC=C)c1nnc(N)s1. The molecule has 70 valence electrons. The highest BCUT2D eigenvalue weighted by Gasteiger charge is 2.07. The van der Waals surface area contributed by atoms with Crippen molar-refractivity contribution in [2.24, 2.45) is 0 Å². The van der Waals surface area contributed by atoms with Crippen LogP contribution in [-0.2, 0) is 0 Å². The van der Waals surface area contributed by atoms with E-state index >= 15 is 0 Å². The molecule has 0 bridgehead atoms. The van der Waals surface area contributed by atoms with Gasteiger partial charge in [-0.15, -0.1) is 23.4 Å². The number of nitrogens with two attached hydrogens (primary N) is 1. The molecule has 5 heteroatoms. The summed E-state index contributed by atoms with van der Waals surface area (Å²) in [5.74, 6) is 0. The third-order valence-electron chi connectivity index (χ3n) is 1.40. The minimum atomic E-state index is 0.480. The summed E-state index contributed by atoms with van der Waals surface area (Å²) >= 11 is 1.36. The zero-order chi connectivity index (χ0) is 9.68. The first kappa shape index (κ1) is 9.73. The predicted molar refractivity (Wildman–Crippen MR) is 56.9 cm³/mol. The number of anilines is 2. The molecule has 0 atom stereocenters. The van der Waals surface area contributed by atoms with E-state index < -0.39 is 0 Å². The van der Waals surface area contributed by atoms with E-state index in [9.17, 15) is 0 Å². The van der Waals surface area contributed by atoms with Crippen LogP contribution >= 0.6 is 11.3 Å². The van der Waals surface area contributed by atoms with Crippen molar-refractivity contribution < 1.29 is 0 Å². The molecule has 0 aliphatic rings. The number of nitrogen functional groups attached to an aromatic ring is 1. The van der Waals surface area contributed by atoms with Crippen molar-refractivity contribution in [2.45, 2.75) is 0 Å². The molecule has 0 radical (unpaired) electrons. The van der Waals surface area contributed by atoms with Gasteiger partial charge in [0.2, 0.25) is 10.3 Å². The van der Waals surface area contributed by atoms with Crippen LogP contribution in [-0.4, -0.2) is 23.3 Å². The molecule has 4 nitrogen and oxygen atoms in total. The lowest BCUT2D eigenvalue weighted by molar-refractivity contribution is 0.920. The molecule has 1 heterocycles. The Hall–Kier alpha value is -1.36. The van der Waals surface area contributed by atoms with Crippen LogP contribution in [0.3, 0.4) is 0 Å². The second kappa shape index (κ2) is 4.61. The van der Waals surface area contributed by atoms with E-state index in [0.717, 1.165) is 18.2 Å². The van der Waals surface area contributed by atoms with E-state index in [-0.39, 0.29) is 0 Å². The summed E-state index contributed by atoms with van der Waals surface area (Å²) in [6.45, 7) is 8.77. The lowest BCUT2D eigenvalue weighted by atomic mass is 10.5. The van der Waals surface area contributed by atoms with E-state index in [4.69, 9.17) is 5.73 Å². The summed E-state index contributed by atoms with van der Waals surface area (Å²) in [7, 11) is 0. The summed E-state index contributed by atoms with van der Waals surface area (Å²) in [5.41, 5.74) is 5.48. The van der Waals surface area contributed by atoms with Gasteiger partial charge in [0, 0.05) is 13.1 Å². The van der Waals surface area contributed by atoms with Crippen molar-refractivity contribution in [1.82, 2.24) is 10.2 Å². The molecule has 0 aliphatic carbocycles. The number of aromatic nitrogens is 2. The molecular formula is C8H12N4S. The Morgan fingerprint density at radius 1 is 1.31 bits per heavy atom. The Bertz CT molecular complexity index is 284. The van der Waals surface area contributed by atoms with Gasteiger partial charge in [0.15, 0.2) is 0 Å². The van der Waals surface area contributed by atoms with E-state index in [0.29, 0.717) is 5.13 Å². The lowest BCUT2D eigenvalue weighted by Gasteiger charge is -2.16. The van der Waals surface area contributed by atoms with Gasteiger partial charge < -0.3 is 10.6 Å². The third kappa shape index (κ3) is 2.55. The van der Waals surface area contributed by atoms with Crippen LogP contribution in [0.2, 0.25) is 0 Å². The van der Waals surface area contributed by atoms with Gasteiger partial charge in [0.05, 0.1) is 0 Å². The van der Waals surface area contributed by atoms with Gasteiger partial charge in [0.1, 0.15) is 0 Å². The van der Waals surface area contributed by atoms with Crippen molar-refractivity contribution in [2.75, 3.05) is 23.7 Å². The molecule has 2 N–H and O–H groups in total. The molecule has 0 saturated heterocycles. The summed E-state index contributed by atoms with van der Waals surface area (Å²) in [6, 6.07) is 0. The fourth-order valence-corrected chi connectivity index (χ4v) is 1.53. The average molecular weight is 196 g/mol. The van der Waals surface area contributed by atoms with Crippen molar-refractivity contribution in [1.29, 1.82) is 0 Å². The van der Waals surface area contributed by atoms with Gasteiger partial charge in [-0.1, -0.05) is 23.5 Å². The molecule has 0 fully saturated rings. The first-order valence-corrected chi connectivity index (χ1v) is 4.65. The van der Waals surface area contributed by atoms with Crippen molar-refractivity contribution >= 4 is 21.6 Å². The Labute approximate surface area is 81.4 Å². The standard InChI is InChI=1S/C8H12N4S/c1-3-5-12(6-4-2)8-11-10-7(9)13-8/h3-4H,1-2,5-6H2,(H2,9,10). The Kier molecular flexibility index (Phi) is 3.45. The van der Waals surface area contributed by atoms with Crippen molar-refractivity contribution in [3.8, 4) is 0 Å². The number of hydrogen-bond acceptors (Lipinski definition) is 5. The smallest absolute Gasteiger partial charge is 0.210 e. The molecule has 0 aliphatic heterocycles. The van der Waals surface area contributed by atoms with Crippen molar-refractivity contribution in [3.63, 3.8) is 0 Å². The maximum Gasteiger partial charge on any atom is 0.210 e. The van der Waals surface area contributed by atoms with Crippen LogP contribution in [0, 0.1) is 0 Å². The van der Waals surface area contributed by atoms with Crippen LogP contribution in [0.4, 0.5) is 10.3 Å². The summed E-state index contributed by atoms with van der Waals surface area (Å²) < 4.78 is 0. The first-order chi connectivity index (χ1) is 6.27. The number of hydrogen-bond donors (Lipinski definition) is 1. The lowest BCUT2D eigenvalue weighted by Crippen LogP contribution is -2.22. The van der Waals surface area contributed by atoms with Crippen LogP contribution < -0.4 is 10.6 Å². The average Bonchev–Trinajstić information content (AvgIpc) is 2.51. The Balaban J connectivity index is 2.74. The van der Waals surface area contributed by atoms with Gasteiger partial charge in [-0.05, 0) is 0 Å². The Morgan fingerprint density at radius 3 is 2.31 bits per heavy atom. The largest absolute Gasteiger partial charge is 0.374 e. The highest BCUT2D eigenvalue weighted by atomic mass is 32.1. The van der Waals surface area contributed by atoms with E-state index in [1.165, 1.54) is 11.3 Å². The van der Waals surface area contributed by atoms with E-state index in [1.54, 1.807) is 12.2 Å². The zero-order valence-electron chi connectivity index (χ0n) is 7.31. The summed E-state index contributed by atoms with van der Waals surface area (Å²) in [4.78, 5) is 1.99. The summed E-state index contributed by atoms with van der Waals surface area (Å²) in [5, 5.41) is 8.95. The van der Waals surface area contributed by atoms with Gasteiger partial charge in [-0.25, -0.2) is 0 Å². The zero-order valence-corrected chi connectivity index (χ0v) is 8.13. The highest BCUT2D eigenvalue weighted by Crippen LogP contribution is 2.20. The molecule has 13 heavy (non-hydrogen) atoms. The van der Waals surface area contributed by atoms with Crippen LogP contribution in [0.25, 0.3) is 0 Å². The minimum absolute atomic E-state index is 0.480. The monoisotopic (exact) mass is 196 g/mol. The molecule has 0 saturated carbocycles. The quantitative estimate of drug-likeness (QED) is 0.721. The van der Waals surface area contributed by atoms with Gasteiger partial charge in [-0.2, -0.15) is 0 Å². The Morgan fingerprint density at radius 2 is 1.92 bits per heavy atom. The topological polar surface area (TPSA) is 55.0 Å². The second-order valence-electron chi connectivity index (χ2n) is 2.41. The fraction of sp³-hybridized carbons (Fsp3) is 0.250. The molecule has 0 amide bonds. The van der Waals surface area contributed by atoms with Gasteiger partial charge in [-0.3, -0.25) is 0 Å². The normalized spacial score (nSPS) is 9.54. The van der Waals surface area contributed by atoms with Crippen molar-refractivity contribution in [3.05, 3.63) is 25.3 Å². The molecular weight excluding hydrogens is 184 g/mol. The van der Waals surface area contributed by atoms with Crippen LogP contribution in [0.5, 0.6) is 0 Å². The van der Waals surface area contributed by atoms with E-state index in [1.807, 2.05) is 4.90 Å². The maximum absolute atomic E-state index is 5.48. The highest BCUT2D eigenvalue weighted by molar-refractivity contribution is 7.18. The fourth-order valence-electron chi connectivity index (χ4n) is 0.897. The number of rotatable bonds is 5. The molecule has 0 spiro atoms. The molecule has 1 rings (SSSR count). The molecule has 1 aromatic heterocycles. The maximum atomic E-state index is 5.48. The molecule has 1 aromatic rings. The minimum Gasteiger partial charge on any atom is -0.374 e. The third-order valence-corrected chi connectivity index (χ3v) is 2.21. The summed E-state index contributed by atoms with van der Waals surface area (Å²) in [6.07, 6.45) is 3.61. The molecule has 0 aromatic carbocycles. The van der Waals surface area contributed by atoms with Gasteiger partial charge >= 0.3 is 0 Å². The van der Waals surface area contributed by atoms with Gasteiger partial charge in [0.25, 0.3) is 0 Å². The predicted octanol–water partition coefficient (Wildman–Crippen LogP) is 1.30. The van der Waals surface area contributed by atoms with E-state index in [2.05, 4.69) is 23.4 Å².